The van der Waals surface area contributed by atoms with Crippen molar-refractivity contribution >= 4 is 40.4 Å². The van der Waals surface area contributed by atoms with Crippen LogP contribution >= 0.6 is 23.4 Å². The zero-order chi connectivity index (χ0) is 16.4. The van der Waals surface area contributed by atoms with E-state index < -0.39 is 0 Å². The van der Waals surface area contributed by atoms with Crippen molar-refractivity contribution < 1.29 is 14.4 Å². The number of benzene rings is 1. The van der Waals surface area contributed by atoms with Crippen molar-refractivity contribution in [1.29, 1.82) is 0 Å². The Morgan fingerprint density at radius 1 is 1.22 bits per heavy atom. The first-order chi connectivity index (χ1) is 11.1. The van der Waals surface area contributed by atoms with Crippen LogP contribution in [-0.2, 0) is 4.79 Å². The average Bonchev–Trinajstić information content (AvgIpc) is 2.87. The predicted octanol–water partition coefficient (Wildman–Crippen LogP) is 3.08. The van der Waals surface area contributed by atoms with Gasteiger partial charge in [-0.2, -0.15) is 0 Å². The van der Waals surface area contributed by atoms with E-state index in [1.54, 1.807) is 24.3 Å². The summed E-state index contributed by atoms with van der Waals surface area (Å²) in [6.07, 6.45) is 3.40. The number of imide groups is 1. The van der Waals surface area contributed by atoms with E-state index in [0.717, 1.165) is 37.4 Å². The Morgan fingerprint density at radius 3 is 2.65 bits per heavy atom. The zero-order valence-electron chi connectivity index (χ0n) is 12.5. The lowest BCUT2D eigenvalue weighted by molar-refractivity contribution is -0.127. The van der Waals surface area contributed by atoms with Crippen molar-refractivity contribution in [2.75, 3.05) is 5.75 Å². The Balaban J connectivity index is 1.77. The molecule has 122 valence electrons. The molecule has 0 bridgehead atoms. The van der Waals surface area contributed by atoms with E-state index in [9.17, 15) is 14.4 Å². The molecule has 1 saturated heterocycles. The largest absolute Gasteiger partial charge is 0.347 e. The summed E-state index contributed by atoms with van der Waals surface area (Å²) in [5.41, 5.74) is 0.409. The third-order valence-electron chi connectivity index (χ3n) is 4.28. The fourth-order valence-corrected chi connectivity index (χ4v) is 4.15. The van der Waals surface area contributed by atoms with Gasteiger partial charge < -0.3 is 5.32 Å². The number of carbonyl (C=O) groups excluding carboxylic acids is 3. The standard InChI is InChI=1S/C16H17ClN2O3S/c17-11-6-2-1-5-10(11)15(21)18-12-7-3-4-8-13(12)19-14(20)9-23-16(19)22/h1-2,5-6,12-13H,3-4,7-9H2,(H,18,21). The molecule has 2 atom stereocenters. The van der Waals surface area contributed by atoms with Crippen LogP contribution in [0, 0.1) is 0 Å². The molecule has 2 unspecified atom stereocenters. The molecular weight excluding hydrogens is 336 g/mol. The van der Waals surface area contributed by atoms with E-state index in [2.05, 4.69) is 5.32 Å². The zero-order valence-corrected chi connectivity index (χ0v) is 14.0. The number of rotatable bonds is 3. The molecule has 2 fully saturated rings. The molecule has 2 aliphatic rings. The molecule has 1 N–H and O–H groups in total. The monoisotopic (exact) mass is 352 g/mol. The normalized spacial score (nSPS) is 24.8. The molecule has 1 aromatic rings. The fraction of sp³-hybridized carbons (Fsp3) is 0.438. The van der Waals surface area contributed by atoms with Crippen molar-refractivity contribution in [2.45, 2.75) is 37.8 Å². The first kappa shape index (κ1) is 16.3. The highest BCUT2D eigenvalue weighted by Crippen LogP contribution is 2.30. The summed E-state index contributed by atoms with van der Waals surface area (Å²) in [4.78, 5) is 37.8. The van der Waals surface area contributed by atoms with Crippen LogP contribution in [0.2, 0.25) is 5.02 Å². The second-order valence-corrected chi connectivity index (χ2v) is 7.06. The lowest BCUT2D eigenvalue weighted by Crippen LogP contribution is -2.54. The summed E-state index contributed by atoms with van der Waals surface area (Å²) < 4.78 is 0. The topological polar surface area (TPSA) is 66.5 Å². The molecule has 1 saturated carbocycles. The number of nitrogens with one attached hydrogen (secondary N) is 1. The summed E-state index contributed by atoms with van der Waals surface area (Å²) in [7, 11) is 0. The minimum atomic E-state index is -0.265. The van der Waals surface area contributed by atoms with E-state index in [-0.39, 0.29) is 34.9 Å². The first-order valence-electron chi connectivity index (χ1n) is 7.62. The molecule has 7 heteroatoms. The molecule has 3 amide bonds. The van der Waals surface area contributed by atoms with Crippen molar-refractivity contribution in [3.05, 3.63) is 34.9 Å². The third kappa shape index (κ3) is 3.38. The molecule has 1 aliphatic carbocycles. The number of hydrogen-bond acceptors (Lipinski definition) is 4. The van der Waals surface area contributed by atoms with Gasteiger partial charge >= 0.3 is 0 Å². The van der Waals surface area contributed by atoms with Crippen LogP contribution in [0.25, 0.3) is 0 Å². The van der Waals surface area contributed by atoms with Crippen LogP contribution in [0.5, 0.6) is 0 Å². The highest BCUT2D eigenvalue weighted by atomic mass is 35.5. The SMILES string of the molecule is O=C(NC1CCCCC1N1C(=O)CSC1=O)c1ccccc1Cl. The molecule has 1 heterocycles. The Morgan fingerprint density at radius 2 is 1.96 bits per heavy atom. The van der Waals surface area contributed by atoms with Gasteiger partial charge in [0, 0.05) is 0 Å². The molecule has 3 rings (SSSR count). The maximum absolute atomic E-state index is 12.5. The van der Waals surface area contributed by atoms with Crippen LogP contribution in [0.3, 0.4) is 0 Å². The molecule has 1 aliphatic heterocycles. The Bertz CT molecular complexity index is 636. The second-order valence-electron chi connectivity index (χ2n) is 5.73. The van der Waals surface area contributed by atoms with E-state index in [1.165, 1.54) is 4.90 Å². The van der Waals surface area contributed by atoms with Crippen molar-refractivity contribution in [3.8, 4) is 0 Å². The van der Waals surface area contributed by atoms with Gasteiger partial charge in [-0.15, -0.1) is 0 Å². The Labute approximate surface area is 143 Å². The quantitative estimate of drug-likeness (QED) is 0.907. The minimum Gasteiger partial charge on any atom is -0.347 e. The maximum atomic E-state index is 12.5. The van der Waals surface area contributed by atoms with Crippen molar-refractivity contribution in [3.63, 3.8) is 0 Å². The third-order valence-corrected chi connectivity index (χ3v) is 5.45. The van der Waals surface area contributed by atoms with E-state index in [4.69, 9.17) is 11.6 Å². The number of hydrogen-bond donors (Lipinski definition) is 1. The predicted molar refractivity (Wildman–Crippen MR) is 89.7 cm³/mol. The molecule has 23 heavy (non-hydrogen) atoms. The van der Waals surface area contributed by atoms with E-state index >= 15 is 0 Å². The van der Waals surface area contributed by atoms with Gasteiger partial charge in [-0.1, -0.05) is 48.3 Å². The molecule has 0 radical (unpaired) electrons. The minimum absolute atomic E-state index is 0.163. The maximum Gasteiger partial charge on any atom is 0.289 e. The Hall–Kier alpha value is -1.53. The van der Waals surface area contributed by atoms with Gasteiger partial charge in [0.15, 0.2) is 0 Å². The summed E-state index contributed by atoms with van der Waals surface area (Å²) in [6.45, 7) is 0. The number of carbonyl (C=O) groups is 3. The van der Waals surface area contributed by atoms with Crippen LogP contribution in [-0.4, -0.2) is 39.8 Å². The summed E-state index contributed by atoms with van der Waals surface area (Å²) >= 11 is 7.09. The molecule has 5 nitrogen and oxygen atoms in total. The number of halogens is 1. The highest BCUT2D eigenvalue weighted by Gasteiger charge is 2.41. The molecule has 0 spiro atoms. The van der Waals surface area contributed by atoms with Gasteiger partial charge in [0.05, 0.1) is 28.4 Å². The number of thioether (sulfide) groups is 1. The average molecular weight is 353 g/mol. The van der Waals surface area contributed by atoms with Crippen molar-refractivity contribution in [2.24, 2.45) is 0 Å². The molecule has 1 aromatic carbocycles. The van der Waals surface area contributed by atoms with Gasteiger partial charge in [0.2, 0.25) is 5.91 Å². The first-order valence-corrected chi connectivity index (χ1v) is 8.98. The molecule has 0 aromatic heterocycles. The second kappa shape index (κ2) is 6.93. The van der Waals surface area contributed by atoms with Crippen LogP contribution in [0.15, 0.2) is 24.3 Å². The van der Waals surface area contributed by atoms with Crippen LogP contribution in [0.1, 0.15) is 36.0 Å². The van der Waals surface area contributed by atoms with Crippen LogP contribution < -0.4 is 5.32 Å². The smallest absolute Gasteiger partial charge is 0.289 e. The van der Waals surface area contributed by atoms with E-state index in [1.807, 2.05) is 0 Å². The summed E-state index contributed by atoms with van der Waals surface area (Å²) in [5.74, 6) is -0.233. The fourth-order valence-electron chi connectivity index (χ4n) is 3.16. The summed E-state index contributed by atoms with van der Waals surface area (Å²) in [6, 6.07) is 6.37. The summed E-state index contributed by atoms with van der Waals surface area (Å²) in [5, 5.41) is 3.15. The van der Waals surface area contributed by atoms with Gasteiger partial charge in [0.1, 0.15) is 0 Å². The number of nitrogens with zero attached hydrogens (tertiary/aromatic N) is 1. The van der Waals surface area contributed by atoms with Gasteiger partial charge in [-0.3, -0.25) is 19.3 Å². The van der Waals surface area contributed by atoms with Crippen LogP contribution in [0.4, 0.5) is 4.79 Å². The Kier molecular flexibility index (Phi) is 4.92. The van der Waals surface area contributed by atoms with E-state index in [0.29, 0.717) is 10.6 Å². The lowest BCUT2D eigenvalue weighted by Gasteiger charge is -2.36. The highest BCUT2D eigenvalue weighted by molar-refractivity contribution is 8.14. The van der Waals surface area contributed by atoms with Gasteiger partial charge in [-0.25, -0.2) is 0 Å². The number of amides is 3. The molecular formula is C16H17ClN2O3S. The van der Waals surface area contributed by atoms with Crippen molar-refractivity contribution in [1.82, 2.24) is 10.2 Å². The van der Waals surface area contributed by atoms with Gasteiger partial charge in [0.25, 0.3) is 11.1 Å². The van der Waals surface area contributed by atoms with Gasteiger partial charge in [-0.05, 0) is 25.0 Å². The lowest BCUT2D eigenvalue weighted by atomic mass is 9.89.